The molecule has 0 fully saturated rings. The quantitative estimate of drug-likeness (QED) is 0.371. The molecular formula is C22H16N3OS+. The summed E-state index contributed by atoms with van der Waals surface area (Å²) in [6, 6.07) is 17.0. The molecule has 6 rings (SSSR count). The largest absolute Gasteiger partial charge is 0.381 e. The fraction of sp³-hybridized carbons (Fsp3) is 0.0909. The van der Waals surface area contributed by atoms with Crippen LogP contribution in [0.15, 0.2) is 65.5 Å². The van der Waals surface area contributed by atoms with Crippen molar-refractivity contribution in [1.82, 2.24) is 9.56 Å². The zero-order valence-electron chi connectivity index (χ0n) is 14.9. The Balaban J connectivity index is 1.82. The van der Waals surface area contributed by atoms with Gasteiger partial charge in [0.1, 0.15) is 18.8 Å². The van der Waals surface area contributed by atoms with E-state index in [0.29, 0.717) is 0 Å². The Bertz CT molecular complexity index is 1500. The van der Waals surface area contributed by atoms with Gasteiger partial charge in [-0.3, -0.25) is 0 Å². The van der Waals surface area contributed by atoms with Crippen LogP contribution in [-0.2, 0) is 7.05 Å². The molecule has 0 radical (unpaired) electrons. The van der Waals surface area contributed by atoms with Crippen molar-refractivity contribution >= 4 is 48.2 Å². The Labute approximate surface area is 158 Å². The van der Waals surface area contributed by atoms with Gasteiger partial charge in [-0.2, -0.15) is 9.14 Å². The third-order valence-electron chi connectivity index (χ3n) is 5.30. The first kappa shape index (κ1) is 14.9. The number of benzene rings is 2. The van der Waals surface area contributed by atoms with E-state index in [1.165, 1.54) is 31.3 Å². The first-order chi connectivity index (χ1) is 13.2. The number of hydrogen-bond acceptors (Lipinski definition) is 3. The molecule has 0 aliphatic heterocycles. The van der Waals surface area contributed by atoms with Gasteiger partial charge in [0.2, 0.25) is 5.69 Å². The number of aryl methyl sites for hydroxylation is 2. The van der Waals surface area contributed by atoms with E-state index >= 15 is 0 Å². The first-order valence-electron chi connectivity index (χ1n) is 8.88. The molecule has 0 aliphatic carbocycles. The number of imidazole rings is 1. The topological polar surface area (TPSA) is 34.3 Å². The lowest BCUT2D eigenvalue weighted by atomic mass is 10.0. The van der Waals surface area contributed by atoms with Crippen molar-refractivity contribution in [2.24, 2.45) is 7.05 Å². The zero-order valence-corrected chi connectivity index (χ0v) is 15.7. The van der Waals surface area contributed by atoms with Crippen molar-refractivity contribution in [3.8, 4) is 11.3 Å². The standard InChI is InChI=1S/C22H16N3OS/c1-13-7-8-15-14-5-3-4-6-17(14)27-22(15)19(13)21-20-16(9-11-24(21)2)25-18(23-20)10-12-26-25/h3-12H,1-2H3/q+1. The molecule has 0 amide bonds. The zero-order chi connectivity index (χ0) is 18.1. The maximum atomic E-state index is 5.62. The number of rotatable bonds is 1. The fourth-order valence-electron chi connectivity index (χ4n) is 4.03. The monoisotopic (exact) mass is 370 g/mol. The van der Waals surface area contributed by atoms with Crippen LogP contribution >= 0.6 is 11.3 Å². The Kier molecular flexibility index (Phi) is 2.86. The highest BCUT2D eigenvalue weighted by Crippen LogP contribution is 2.42. The molecule has 0 bridgehead atoms. The van der Waals surface area contributed by atoms with Gasteiger partial charge in [-0.25, -0.2) is 4.98 Å². The van der Waals surface area contributed by atoms with Crippen molar-refractivity contribution < 1.29 is 9.09 Å². The van der Waals surface area contributed by atoms with E-state index in [9.17, 15) is 0 Å². The van der Waals surface area contributed by atoms with Gasteiger partial charge in [-0.1, -0.05) is 30.3 Å². The number of pyridine rings is 1. The molecule has 0 N–H and O–H groups in total. The average molecular weight is 370 g/mol. The lowest BCUT2D eigenvalue weighted by molar-refractivity contribution is -0.659. The SMILES string of the molecule is Cc1ccc2c(sc3ccccc32)c1-c1c2nc3ccon3c2cc[n+]1C. The summed E-state index contributed by atoms with van der Waals surface area (Å²) in [7, 11) is 2.08. The van der Waals surface area contributed by atoms with E-state index in [1.807, 2.05) is 17.4 Å². The molecule has 4 aromatic heterocycles. The van der Waals surface area contributed by atoms with Crippen LogP contribution < -0.4 is 4.57 Å². The second kappa shape index (κ2) is 5.18. The first-order valence-corrected chi connectivity index (χ1v) is 9.70. The summed E-state index contributed by atoms with van der Waals surface area (Å²) in [5.74, 6) is 0. The van der Waals surface area contributed by atoms with Crippen LogP contribution in [0.3, 0.4) is 0 Å². The Morgan fingerprint density at radius 2 is 1.93 bits per heavy atom. The second-order valence-corrected chi connectivity index (χ2v) is 7.97. The van der Waals surface area contributed by atoms with E-state index in [-0.39, 0.29) is 0 Å². The predicted octanol–water partition coefficient (Wildman–Crippen LogP) is 5.25. The Hall–Kier alpha value is -3.18. The van der Waals surface area contributed by atoms with E-state index in [2.05, 4.69) is 67.2 Å². The summed E-state index contributed by atoms with van der Waals surface area (Å²) in [6.07, 6.45) is 3.76. The minimum atomic E-state index is 0.832. The molecule has 0 atom stereocenters. The molecule has 0 saturated heterocycles. The van der Waals surface area contributed by atoms with Crippen LogP contribution in [0.2, 0.25) is 0 Å². The smallest absolute Gasteiger partial charge is 0.242 e. The van der Waals surface area contributed by atoms with Gasteiger partial charge < -0.3 is 4.52 Å². The summed E-state index contributed by atoms with van der Waals surface area (Å²) in [6.45, 7) is 2.18. The molecule has 27 heavy (non-hydrogen) atoms. The van der Waals surface area contributed by atoms with Gasteiger partial charge >= 0.3 is 0 Å². The molecule has 4 nitrogen and oxygen atoms in total. The van der Waals surface area contributed by atoms with Crippen LogP contribution in [0, 0.1) is 6.92 Å². The number of thiophene rings is 1. The van der Waals surface area contributed by atoms with Crippen LogP contribution in [0.4, 0.5) is 0 Å². The molecule has 0 aliphatic rings. The molecule has 0 unspecified atom stereocenters. The molecule has 130 valence electrons. The minimum absolute atomic E-state index is 0.832. The molecule has 4 heterocycles. The molecule has 5 heteroatoms. The third-order valence-corrected chi connectivity index (χ3v) is 6.51. The normalized spacial score (nSPS) is 12.1. The summed E-state index contributed by atoms with van der Waals surface area (Å²) >= 11 is 1.85. The van der Waals surface area contributed by atoms with Crippen molar-refractivity contribution in [2.45, 2.75) is 6.92 Å². The van der Waals surface area contributed by atoms with E-state index in [4.69, 9.17) is 9.51 Å². The van der Waals surface area contributed by atoms with Gasteiger partial charge in [0.15, 0.2) is 17.4 Å². The van der Waals surface area contributed by atoms with Gasteiger partial charge in [-0.05, 0) is 18.6 Å². The third kappa shape index (κ3) is 1.92. The highest BCUT2D eigenvalue weighted by Gasteiger charge is 2.25. The highest BCUT2D eigenvalue weighted by atomic mass is 32.1. The second-order valence-electron chi connectivity index (χ2n) is 6.91. The van der Waals surface area contributed by atoms with Gasteiger partial charge in [-0.15, -0.1) is 11.3 Å². The van der Waals surface area contributed by atoms with Crippen molar-refractivity contribution in [2.75, 3.05) is 0 Å². The molecular weight excluding hydrogens is 354 g/mol. The molecule has 2 aromatic carbocycles. The van der Waals surface area contributed by atoms with Crippen LogP contribution in [0.1, 0.15) is 5.56 Å². The molecule has 0 spiro atoms. The summed E-state index contributed by atoms with van der Waals surface area (Å²) in [4.78, 5) is 4.87. The summed E-state index contributed by atoms with van der Waals surface area (Å²) in [5.41, 5.74) is 6.41. The van der Waals surface area contributed by atoms with Crippen molar-refractivity contribution in [3.63, 3.8) is 0 Å². The highest BCUT2D eigenvalue weighted by molar-refractivity contribution is 7.26. The summed E-state index contributed by atoms with van der Waals surface area (Å²) < 4.78 is 12.2. The average Bonchev–Trinajstić information content (AvgIpc) is 3.35. The fourth-order valence-corrected chi connectivity index (χ4v) is 5.33. The van der Waals surface area contributed by atoms with E-state index in [1.54, 1.807) is 10.8 Å². The Morgan fingerprint density at radius 3 is 2.85 bits per heavy atom. The number of fused-ring (bicyclic) bond motifs is 6. The van der Waals surface area contributed by atoms with Gasteiger partial charge in [0.05, 0.1) is 5.56 Å². The summed E-state index contributed by atoms with van der Waals surface area (Å²) in [5, 5.41) is 2.61. The van der Waals surface area contributed by atoms with Crippen LogP contribution in [0.5, 0.6) is 0 Å². The molecule has 0 saturated carbocycles. The lowest BCUT2D eigenvalue weighted by Gasteiger charge is -2.07. The minimum Gasteiger partial charge on any atom is -0.381 e. The van der Waals surface area contributed by atoms with Gasteiger partial charge in [0, 0.05) is 32.3 Å². The number of nitrogens with zero attached hydrogens (tertiary/aromatic N) is 3. The van der Waals surface area contributed by atoms with E-state index in [0.717, 1.165) is 22.4 Å². The van der Waals surface area contributed by atoms with Crippen molar-refractivity contribution in [1.29, 1.82) is 0 Å². The predicted molar refractivity (Wildman–Crippen MR) is 109 cm³/mol. The maximum Gasteiger partial charge on any atom is 0.242 e. The maximum absolute atomic E-state index is 5.62. The lowest BCUT2D eigenvalue weighted by Crippen LogP contribution is -2.30. The molecule has 6 aromatic rings. The van der Waals surface area contributed by atoms with E-state index < -0.39 is 0 Å². The Morgan fingerprint density at radius 1 is 1.04 bits per heavy atom. The number of hydrogen-bond donors (Lipinski definition) is 0. The van der Waals surface area contributed by atoms with Crippen LogP contribution in [-0.4, -0.2) is 9.56 Å². The van der Waals surface area contributed by atoms with Gasteiger partial charge in [0.25, 0.3) is 0 Å². The number of aromatic nitrogens is 3. The van der Waals surface area contributed by atoms with Crippen LogP contribution in [0.25, 0.3) is 48.1 Å². The van der Waals surface area contributed by atoms with Crippen molar-refractivity contribution in [3.05, 3.63) is 66.6 Å².